The Morgan fingerprint density at radius 2 is 1.83 bits per heavy atom. The molecule has 0 radical (unpaired) electrons. The zero-order valence-corrected chi connectivity index (χ0v) is 21.8. The number of nitrogens with one attached hydrogen (secondary N) is 2. The van der Waals surface area contributed by atoms with Gasteiger partial charge in [0, 0.05) is 31.0 Å². The number of aryl methyl sites for hydroxylation is 1. The van der Waals surface area contributed by atoms with E-state index < -0.39 is 5.60 Å². The van der Waals surface area contributed by atoms with Crippen LogP contribution >= 0.6 is 11.3 Å². The highest BCUT2D eigenvalue weighted by molar-refractivity contribution is 7.17. The number of rotatable bonds is 7. The summed E-state index contributed by atoms with van der Waals surface area (Å²) >= 11 is 1.61. The van der Waals surface area contributed by atoms with Crippen LogP contribution in [-0.4, -0.2) is 48.9 Å². The lowest BCUT2D eigenvalue weighted by Gasteiger charge is -2.31. The number of anilines is 4. The number of hydrogen-bond acceptors (Lipinski definition) is 8. The van der Waals surface area contributed by atoms with Crippen molar-refractivity contribution in [1.82, 2.24) is 24.6 Å². The first-order valence-electron chi connectivity index (χ1n) is 12.7. The zero-order chi connectivity index (χ0) is 24.9. The third-order valence-electron chi connectivity index (χ3n) is 7.24. The standard InChI is InChI=1S/C27H33N7OS/c1-17-16-36-25-23(17)24(29-19-6-4-5-18(13-19)27(2,3)35)31-26(32-25)30-20-14-28-34(15-20)22-9-11-33(12-10-22)21-7-8-21/h4-6,13-16,21-22,35H,7-12H2,1-3H3,(H2,29,30,31,32). The topological polar surface area (TPSA) is 91.1 Å². The molecule has 36 heavy (non-hydrogen) atoms. The van der Waals surface area contributed by atoms with Gasteiger partial charge in [0.05, 0.1) is 28.9 Å². The molecule has 2 fully saturated rings. The van der Waals surface area contributed by atoms with Crippen molar-refractivity contribution < 1.29 is 5.11 Å². The normalized spacial score (nSPS) is 17.6. The maximum Gasteiger partial charge on any atom is 0.230 e. The number of thiophene rings is 1. The number of aliphatic hydroxyl groups is 1. The Morgan fingerprint density at radius 3 is 2.58 bits per heavy atom. The second kappa shape index (κ2) is 9.14. The maximum absolute atomic E-state index is 10.4. The van der Waals surface area contributed by atoms with Crippen LogP contribution in [0.4, 0.5) is 23.1 Å². The average Bonchev–Trinajstić information content (AvgIpc) is 3.50. The Kier molecular flexibility index (Phi) is 5.94. The van der Waals surface area contributed by atoms with Gasteiger partial charge in [0.25, 0.3) is 0 Å². The Morgan fingerprint density at radius 1 is 1.03 bits per heavy atom. The molecular weight excluding hydrogens is 470 g/mol. The Hall–Kier alpha value is -3.01. The second-order valence-corrected chi connectivity index (χ2v) is 11.4. The van der Waals surface area contributed by atoms with Crippen molar-refractivity contribution in [3.05, 3.63) is 53.2 Å². The van der Waals surface area contributed by atoms with E-state index in [2.05, 4.69) is 43.8 Å². The van der Waals surface area contributed by atoms with Crippen LogP contribution in [0, 0.1) is 6.92 Å². The molecule has 0 amide bonds. The van der Waals surface area contributed by atoms with E-state index in [0.717, 1.165) is 57.4 Å². The molecule has 1 saturated heterocycles. The van der Waals surface area contributed by atoms with Gasteiger partial charge in [-0.25, -0.2) is 4.98 Å². The van der Waals surface area contributed by atoms with Gasteiger partial charge in [0.2, 0.25) is 5.95 Å². The number of piperidine rings is 1. The molecule has 8 nitrogen and oxygen atoms in total. The largest absolute Gasteiger partial charge is 0.386 e. The molecule has 0 spiro atoms. The monoisotopic (exact) mass is 503 g/mol. The third kappa shape index (κ3) is 4.83. The van der Waals surface area contributed by atoms with E-state index in [9.17, 15) is 5.11 Å². The van der Waals surface area contributed by atoms with Crippen LogP contribution in [0.5, 0.6) is 0 Å². The van der Waals surface area contributed by atoms with Crippen molar-refractivity contribution in [3.63, 3.8) is 0 Å². The number of hydrogen-bond donors (Lipinski definition) is 3. The Balaban J connectivity index is 1.23. The van der Waals surface area contributed by atoms with Crippen LogP contribution in [0.15, 0.2) is 42.0 Å². The van der Waals surface area contributed by atoms with Crippen LogP contribution < -0.4 is 10.6 Å². The molecule has 0 unspecified atom stereocenters. The maximum atomic E-state index is 10.4. The molecule has 1 aliphatic carbocycles. The summed E-state index contributed by atoms with van der Waals surface area (Å²) in [6.07, 6.45) is 8.97. The van der Waals surface area contributed by atoms with Crippen LogP contribution in [0.1, 0.15) is 56.7 Å². The van der Waals surface area contributed by atoms with Crippen LogP contribution in [0.25, 0.3) is 10.2 Å². The van der Waals surface area contributed by atoms with E-state index in [4.69, 9.17) is 9.97 Å². The van der Waals surface area contributed by atoms with Crippen molar-refractivity contribution in [2.75, 3.05) is 23.7 Å². The first-order valence-corrected chi connectivity index (χ1v) is 13.6. The fourth-order valence-corrected chi connectivity index (χ4v) is 5.95. The highest BCUT2D eigenvalue weighted by Gasteiger charge is 2.32. The summed E-state index contributed by atoms with van der Waals surface area (Å²) in [5.41, 5.74) is 2.82. The highest BCUT2D eigenvalue weighted by Crippen LogP contribution is 2.35. The van der Waals surface area contributed by atoms with Crippen molar-refractivity contribution in [1.29, 1.82) is 0 Å². The van der Waals surface area contributed by atoms with E-state index >= 15 is 0 Å². The lowest BCUT2D eigenvalue weighted by Crippen LogP contribution is -2.36. The van der Waals surface area contributed by atoms with Gasteiger partial charge in [-0.15, -0.1) is 11.3 Å². The van der Waals surface area contributed by atoms with Gasteiger partial charge >= 0.3 is 0 Å². The van der Waals surface area contributed by atoms with Crippen LogP contribution in [0.3, 0.4) is 0 Å². The van der Waals surface area contributed by atoms with Crippen molar-refractivity contribution in [3.8, 4) is 0 Å². The number of aromatic nitrogens is 4. The van der Waals surface area contributed by atoms with E-state index in [1.165, 1.54) is 25.9 Å². The molecule has 6 rings (SSSR count). The highest BCUT2D eigenvalue weighted by atomic mass is 32.1. The SMILES string of the molecule is Cc1csc2nc(Nc3cnn(C4CCN(C5CC5)CC4)c3)nc(Nc3cccc(C(C)(C)O)c3)c12. The molecule has 0 bridgehead atoms. The molecule has 9 heteroatoms. The fourth-order valence-electron chi connectivity index (χ4n) is 5.03. The van der Waals surface area contributed by atoms with Gasteiger partial charge in [-0.05, 0) is 75.1 Å². The molecular formula is C27H33N7OS. The zero-order valence-electron chi connectivity index (χ0n) is 21.0. The Labute approximate surface area is 215 Å². The van der Waals surface area contributed by atoms with Crippen molar-refractivity contribution in [2.24, 2.45) is 0 Å². The molecule has 1 aliphatic heterocycles. The molecule has 4 heterocycles. The number of fused-ring (bicyclic) bond motifs is 1. The first-order chi connectivity index (χ1) is 17.3. The van der Waals surface area contributed by atoms with Gasteiger partial charge in [-0.3, -0.25) is 4.68 Å². The lowest BCUT2D eigenvalue weighted by molar-refractivity contribution is 0.0786. The number of nitrogens with zero attached hydrogens (tertiary/aromatic N) is 5. The summed E-state index contributed by atoms with van der Waals surface area (Å²) in [5, 5.41) is 25.0. The molecule has 0 atom stereocenters. The molecule has 4 aromatic rings. The number of likely N-dealkylation sites (tertiary alicyclic amines) is 1. The summed E-state index contributed by atoms with van der Waals surface area (Å²) in [5.74, 6) is 1.28. The van der Waals surface area contributed by atoms with Gasteiger partial charge in [-0.1, -0.05) is 12.1 Å². The van der Waals surface area contributed by atoms with Gasteiger partial charge in [0.1, 0.15) is 10.6 Å². The second-order valence-electron chi connectivity index (χ2n) is 10.6. The molecule has 188 valence electrons. The van der Waals surface area contributed by atoms with Crippen molar-refractivity contribution in [2.45, 2.75) is 64.1 Å². The van der Waals surface area contributed by atoms with E-state index in [0.29, 0.717) is 12.0 Å². The smallest absolute Gasteiger partial charge is 0.230 e. The summed E-state index contributed by atoms with van der Waals surface area (Å²) < 4.78 is 2.10. The minimum atomic E-state index is -0.918. The molecule has 1 saturated carbocycles. The van der Waals surface area contributed by atoms with Crippen LogP contribution in [-0.2, 0) is 5.60 Å². The summed E-state index contributed by atoms with van der Waals surface area (Å²) in [4.78, 5) is 13.2. The predicted molar refractivity (Wildman–Crippen MR) is 145 cm³/mol. The van der Waals surface area contributed by atoms with Gasteiger partial charge < -0.3 is 20.6 Å². The summed E-state index contributed by atoms with van der Waals surface area (Å²) in [7, 11) is 0. The Bertz CT molecular complexity index is 1380. The van der Waals surface area contributed by atoms with Gasteiger partial charge in [0.15, 0.2) is 0 Å². The molecule has 1 aromatic carbocycles. The fraction of sp³-hybridized carbons (Fsp3) is 0.444. The molecule has 3 N–H and O–H groups in total. The van der Waals surface area contributed by atoms with E-state index in [-0.39, 0.29) is 0 Å². The number of benzene rings is 1. The van der Waals surface area contributed by atoms with Gasteiger partial charge in [-0.2, -0.15) is 10.1 Å². The minimum Gasteiger partial charge on any atom is -0.386 e. The molecule has 3 aromatic heterocycles. The predicted octanol–water partition coefficient (Wildman–Crippen LogP) is 5.71. The van der Waals surface area contributed by atoms with E-state index in [1.807, 2.05) is 30.5 Å². The van der Waals surface area contributed by atoms with E-state index in [1.54, 1.807) is 25.2 Å². The summed E-state index contributed by atoms with van der Waals surface area (Å²) in [6.45, 7) is 7.98. The summed E-state index contributed by atoms with van der Waals surface area (Å²) in [6, 6.07) is 9.10. The average molecular weight is 504 g/mol. The minimum absolute atomic E-state index is 0.444. The van der Waals surface area contributed by atoms with Crippen LogP contribution in [0.2, 0.25) is 0 Å². The lowest BCUT2D eigenvalue weighted by atomic mass is 9.98. The van der Waals surface area contributed by atoms with Crippen molar-refractivity contribution >= 4 is 44.7 Å². The third-order valence-corrected chi connectivity index (χ3v) is 8.23. The first kappa shape index (κ1) is 23.4. The quantitative estimate of drug-likeness (QED) is 0.297. The molecule has 2 aliphatic rings.